The summed E-state index contributed by atoms with van der Waals surface area (Å²) in [5.41, 5.74) is 3.07. The highest BCUT2D eigenvalue weighted by Gasteiger charge is 2.29. The highest BCUT2D eigenvalue weighted by molar-refractivity contribution is 7.15. The van der Waals surface area contributed by atoms with Gasteiger partial charge in [-0.15, -0.1) is 11.3 Å². The summed E-state index contributed by atoms with van der Waals surface area (Å²) in [5, 5.41) is 17.1. The number of aliphatic hydroxyl groups excluding tert-OH is 1. The Labute approximate surface area is 158 Å². The third-order valence-corrected chi connectivity index (χ3v) is 6.32. The summed E-state index contributed by atoms with van der Waals surface area (Å²) in [4.78, 5) is 11.5. The number of rotatable bonds is 3. The second-order valence-corrected chi connectivity index (χ2v) is 9.16. The van der Waals surface area contributed by atoms with Crippen LogP contribution in [0.5, 0.6) is 0 Å². The molecular formula is C20H26N4OS. The van der Waals surface area contributed by atoms with Gasteiger partial charge in [0.15, 0.2) is 0 Å². The van der Waals surface area contributed by atoms with Crippen molar-refractivity contribution in [1.29, 1.82) is 0 Å². The fourth-order valence-corrected chi connectivity index (χ4v) is 5.30. The SMILES string of the molecule is C=C1CC(Nc2nccc(-c3cc4c(s3)CCCC4O)n2)CC(C)(C)N1. The van der Waals surface area contributed by atoms with E-state index in [1.54, 1.807) is 17.5 Å². The first-order valence-electron chi connectivity index (χ1n) is 9.26. The lowest BCUT2D eigenvalue weighted by molar-refractivity contribution is 0.158. The van der Waals surface area contributed by atoms with Gasteiger partial charge < -0.3 is 15.7 Å². The summed E-state index contributed by atoms with van der Waals surface area (Å²) in [6, 6.07) is 4.32. The van der Waals surface area contributed by atoms with Crippen molar-refractivity contribution < 1.29 is 5.11 Å². The molecule has 0 radical (unpaired) electrons. The molecule has 1 aliphatic carbocycles. The lowest BCUT2D eigenvalue weighted by atomic mass is 9.88. The Bertz CT molecular complexity index is 829. The van der Waals surface area contributed by atoms with E-state index in [2.05, 4.69) is 42.1 Å². The number of thiophene rings is 1. The molecule has 1 aliphatic heterocycles. The number of anilines is 1. The summed E-state index contributed by atoms with van der Waals surface area (Å²) < 4.78 is 0. The maximum absolute atomic E-state index is 10.2. The molecule has 2 aromatic rings. The van der Waals surface area contributed by atoms with Gasteiger partial charge in [-0.2, -0.15) is 0 Å². The van der Waals surface area contributed by atoms with E-state index in [1.165, 1.54) is 4.88 Å². The average molecular weight is 371 g/mol. The average Bonchev–Trinajstić information content (AvgIpc) is 2.99. The van der Waals surface area contributed by atoms with Crippen LogP contribution in [-0.4, -0.2) is 26.7 Å². The van der Waals surface area contributed by atoms with Crippen LogP contribution in [0.3, 0.4) is 0 Å². The van der Waals surface area contributed by atoms with E-state index in [4.69, 9.17) is 4.98 Å². The monoisotopic (exact) mass is 370 g/mol. The molecule has 0 amide bonds. The van der Waals surface area contributed by atoms with Crippen molar-refractivity contribution in [2.24, 2.45) is 0 Å². The van der Waals surface area contributed by atoms with Crippen LogP contribution in [0.25, 0.3) is 10.6 Å². The first-order valence-corrected chi connectivity index (χ1v) is 10.1. The number of hydrogen-bond acceptors (Lipinski definition) is 6. The molecule has 2 unspecified atom stereocenters. The molecule has 1 fully saturated rings. The van der Waals surface area contributed by atoms with Crippen molar-refractivity contribution in [2.75, 3.05) is 5.32 Å². The lowest BCUT2D eigenvalue weighted by Crippen LogP contribution is -2.48. The highest BCUT2D eigenvalue weighted by Crippen LogP contribution is 2.39. The van der Waals surface area contributed by atoms with Gasteiger partial charge in [-0.3, -0.25) is 0 Å². The number of nitrogens with one attached hydrogen (secondary N) is 2. The Morgan fingerprint density at radius 3 is 3.04 bits per heavy atom. The first-order chi connectivity index (χ1) is 12.4. The molecule has 6 heteroatoms. The molecule has 2 aliphatic rings. The maximum Gasteiger partial charge on any atom is 0.223 e. The molecule has 4 rings (SSSR count). The van der Waals surface area contributed by atoms with Gasteiger partial charge in [0, 0.05) is 34.8 Å². The van der Waals surface area contributed by atoms with E-state index in [0.717, 1.165) is 53.9 Å². The van der Waals surface area contributed by atoms with Crippen LogP contribution in [-0.2, 0) is 6.42 Å². The third kappa shape index (κ3) is 3.62. The fourth-order valence-electron chi connectivity index (χ4n) is 4.07. The minimum atomic E-state index is -0.328. The van der Waals surface area contributed by atoms with E-state index >= 15 is 0 Å². The van der Waals surface area contributed by atoms with Gasteiger partial charge in [0.1, 0.15) is 0 Å². The van der Waals surface area contributed by atoms with Crippen LogP contribution in [0.4, 0.5) is 5.95 Å². The molecular weight excluding hydrogens is 344 g/mol. The molecule has 0 spiro atoms. The molecule has 2 atom stereocenters. The minimum absolute atomic E-state index is 0.0214. The zero-order valence-corrected chi connectivity index (χ0v) is 16.2. The van der Waals surface area contributed by atoms with Crippen LogP contribution < -0.4 is 10.6 Å². The van der Waals surface area contributed by atoms with Crippen molar-refractivity contribution in [1.82, 2.24) is 15.3 Å². The van der Waals surface area contributed by atoms with Crippen molar-refractivity contribution in [2.45, 2.75) is 63.6 Å². The topological polar surface area (TPSA) is 70.1 Å². The molecule has 138 valence electrons. The smallest absolute Gasteiger partial charge is 0.223 e. The lowest BCUT2D eigenvalue weighted by Gasteiger charge is -2.38. The molecule has 0 saturated carbocycles. The van der Waals surface area contributed by atoms with Gasteiger partial charge >= 0.3 is 0 Å². The van der Waals surface area contributed by atoms with E-state index in [9.17, 15) is 5.11 Å². The Morgan fingerprint density at radius 1 is 1.42 bits per heavy atom. The van der Waals surface area contributed by atoms with Crippen molar-refractivity contribution in [3.63, 3.8) is 0 Å². The van der Waals surface area contributed by atoms with Crippen LogP contribution in [0.1, 0.15) is 56.1 Å². The summed E-state index contributed by atoms with van der Waals surface area (Å²) in [5.74, 6) is 0.657. The first kappa shape index (κ1) is 17.5. The molecule has 1 saturated heterocycles. The number of hydrogen-bond donors (Lipinski definition) is 3. The van der Waals surface area contributed by atoms with Crippen LogP contribution in [0, 0.1) is 0 Å². The van der Waals surface area contributed by atoms with E-state index < -0.39 is 0 Å². The second kappa shape index (κ2) is 6.67. The van der Waals surface area contributed by atoms with Gasteiger partial charge in [-0.05, 0) is 57.2 Å². The quantitative estimate of drug-likeness (QED) is 0.761. The van der Waals surface area contributed by atoms with Crippen molar-refractivity contribution >= 4 is 17.3 Å². The third-order valence-electron chi connectivity index (χ3n) is 5.09. The standard InChI is InChI=1S/C20H26N4OS/c1-12-9-13(11-20(2,3)24-12)22-19-21-8-7-15(23-19)18-10-14-16(25)5-4-6-17(14)26-18/h7-8,10,13,16,24-25H,1,4-6,9,11H2,2-3H3,(H,21,22,23). The highest BCUT2D eigenvalue weighted by atomic mass is 32.1. The predicted molar refractivity (Wildman–Crippen MR) is 106 cm³/mol. The minimum Gasteiger partial charge on any atom is -0.388 e. The Hall–Kier alpha value is -1.92. The van der Waals surface area contributed by atoms with E-state index in [-0.39, 0.29) is 17.7 Å². The number of fused-ring (bicyclic) bond motifs is 1. The van der Waals surface area contributed by atoms with E-state index in [1.807, 2.05) is 6.07 Å². The molecule has 3 N–H and O–H groups in total. The normalized spacial score (nSPS) is 24.7. The summed E-state index contributed by atoms with van der Waals surface area (Å²) >= 11 is 1.74. The number of aromatic nitrogens is 2. The predicted octanol–water partition coefficient (Wildman–Crippen LogP) is 4.03. The summed E-state index contributed by atoms with van der Waals surface area (Å²) in [7, 11) is 0. The van der Waals surface area contributed by atoms with Crippen molar-refractivity contribution in [3.8, 4) is 10.6 Å². The summed E-state index contributed by atoms with van der Waals surface area (Å²) in [6.45, 7) is 8.47. The van der Waals surface area contributed by atoms with Gasteiger partial charge in [0.2, 0.25) is 5.95 Å². The molecule has 2 aromatic heterocycles. The fraction of sp³-hybridized carbons (Fsp3) is 0.500. The zero-order valence-electron chi connectivity index (χ0n) is 15.4. The zero-order chi connectivity index (χ0) is 18.3. The van der Waals surface area contributed by atoms with Gasteiger partial charge in [0.25, 0.3) is 0 Å². The van der Waals surface area contributed by atoms with Gasteiger partial charge in [0.05, 0.1) is 16.7 Å². The van der Waals surface area contributed by atoms with Gasteiger partial charge in [-0.1, -0.05) is 6.58 Å². The molecule has 0 aromatic carbocycles. The number of nitrogens with zero attached hydrogens (tertiary/aromatic N) is 2. The molecule has 3 heterocycles. The van der Waals surface area contributed by atoms with Crippen LogP contribution in [0.15, 0.2) is 30.6 Å². The van der Waals surface area contributed by atoms with Gasteiger partial charge in [-0.25, -0.2) is 9.97 Å². The number of piperidine rings is 1. The number of aliphatic hydroxyl groups is 1. The molecule has 26 heavy (non-hydrogen) atoms. The molecule has 0 bridgehead atoms. The van der Waals surface area contributed by atoms with Crippen LogP contribution >= 0.6 is 11.3 Å². The Kier molecular flexibility index (Phi) is 4.49. The van der Waals surface area contributed by atoms with Crippen molar-refractivity contribution in [3.05, 3.63) is 41.0 Å². The summed E-state index contributed by atoms with van der Waals surface area (Å²) in [6.07, 6.45) is 6.30. The molecule has 5 nitrogen and oxygen atoms in total. The largest absolute Gasteiger partial charge is 0.388 e. The van der Waals surface area contributed by atoms with E-state index in [0.29, 0.717) is 5.95 Å². The maximum atomic E-state index is 10.2. The number of aryl methyl sites for hydroxylation is 1. The Morgan fingerprint density at radius 2 is 2.27 bits per heavy atom. The Balaban J connectivity index is 1.55. The van der Waals surface area contributed by atoms with Crippen LogP contribution in [0.2, 0.25) is 0 Å². The second-order valence-electron chi connectivity index (χ2n) is 8.02.